The number of carbonyl (C=O) groups is 2. The zero-order valence-corrected chi connectivity index (χ0v) is 18.1. The Hall–Kier alpha value is -3.41. The van der Waals surface area contributed by atoms with E-state index in [-0.39, 0.29) is 17.9 Å². The average Bonchev–Trinajstić information content (AvgIpc) is 3.21. The molecule has 31 heavy (non-hydrogen) atoms. The molecule has 5 rings (SSSR count). The van der Waals surface area contributed by atoms with Crippen LogP contribution in [0, 0.1) is 19.8 Å². The number of fused-ring (bicyclic) bond motifs is 1. The third-order valence-corrected chi connectivity index (χ3v) is 6.53. The van der Waals surface area contributed by atoms with Gasteiger partial charge in [0.15, 0.2) is 0 Å². The Morgan fingerprint density at radius 3 is 2.42 bits per heavy atom. The third kappa shape index (κ3) is 3.14. The van der Waals surface area contributed by atoms with Crippen LogP contribution in [0.4, 0.5) is 0 Å². The summed E-state index contributed by atoms with van der Waals surface area (Å²) in [5.74, 6) is 0.395. The van der Waals surface area contributed by atoms with Crippen LogP contribution in [0.1, 0.15) is 50.6 Å². The molecule has 2 aromatic carbocycles. The summed E-state index contributed by atoms with van der Waals surface area (Å²) in [7, 11) is 0. The molecule has 6 nitrogen and oxygen atoms in total. The summed E-state index contributed by atoms with van der Waals surface area (Å²) in [5, 5.41) is 4.64. The van der Waals surface area contributed by atoms with E-state index in [0.717, 1.165) is 28.1 Å². The van der Waals surface area contributed by atoms with Crippen molar-refractivity contribution in [3.05, 3.63) is 82.7 Å². The Morgan fingerprint density at radius 1 is 1.03 bits per heavy atom. The number of nitrogens with zero attached hydrogens (tertiary/aromatic N) is 4. The molecular formula is C25H26N4O2. The molecule has 3 aromatic rings. The van der Waals surface area contributed by atoms with Crippen molar-refractivity contribution in [1.82, 2.24) is 19.6 Å². The minimum atomic E-state index is -0.0129. The van der Waals surface area contributed by atoms with Gasteiger partial charge in [-0.05, 0) is 44.5 Å². The van der Waals surface area contributed by atoms with Crippen LogP contribution in [0.25, 0.3) is 5.69 Å². The number of amides is 2. The molecular weight excluding hydrogens is 388 g/mol. The first-order valence-electron chi connectivity index (χ1n) is 10.8. The fourth-order valence-electron chi connectivity index (χ4n) is 4.82. The molecule has 0 aliphatic carbocycles. The Labute approximate surface area is 182 Å². The van der Waals surface area contributed by atoms with Crippen molar-refractivity contribution in [3.63, 3.8) is 0 Å². The molecule has 6 heteroatoms. The summed E-state index contributed by atoms with van der Waals surface area (Å²) in [6.45, 7) is 8.03. The molecule has 1 aromatic heterocycles. The topological polar surface area (TPSA) is 58.4 Å². The monoisotopic (exact) mass is 414 g/mol. The van der Waals surface area contributed by atoms with Gasteiger partial charge in [0, 0.05) is 36.7 Å². The van der Waals surface area contributed by atoms with Gasteiger partial charge < -0.3 is 9.80 Å². The molecule has 0 N–H and O–H groups in total. The summed E-state index contributed by atoms with van der Waals surface area (Å²) >= 11 is 0. The second-order valence-electron chi connectivity index (χ2n) is 8.62. The molecule has 1 saturated heterocycles. The maximum absolute atomic E-state index is 13.4. The summed E-state index contributed by atoms with van der Waals surface area (Å²) < 4.78 is 1.78. The Balaban J connectivity index is 1.30. The smallest absolute Gasteiger partial charge is 0.273 e. The standard InChI is InChI=1S/C25H26N4O2/c1-16-9-7-8-12-21(16)24(30)27-13-19(14-27)15-28-18(3)22-17(2)26-29(23(22)25(28)31)20-10-5-4-6-11-20/h4-12,18-19H,13-15H2,1-3H3. The van der Waals surface area contributed by atoms with Crippen LogP contribution in [-0.2, 0) is 0 Å². The zero-order valence-electron chi connectivity index (χ0n) is 18.1. The number of carbonyl (C=O) groups excluding carboxylic acids is 2. The first-order chi connectivity index (χ1) is 15.0. The summed E-state index contributed by atoms with van der Waals surface area (Å²) in [4.78, 5) is 30.0. The van der Waals surface area contributed by atoms with Crippen molar-refractivity contribution in [3.8, 4) is 5.69 Å². The molecule has 0 radical (unpaired) electrons. The van der Waals surface area contributed by atoms with Gasteiger partial charge in [-0.25, -0.2) is 4.68 Å². The van der Waals surface area contributed by atoms with E-state index in [4.69, 9.17) is 0 Å². The van der Waals surface area contributed by atoms with Crippen molar-refractivity contribution in [2.45, 2.75) is 26.8 Å². The SMILES string of the molecule is Cc1ccccc1C(=O)N1CC(CN2C(=O)c3c(c(C)nn3-c3ccccc3)C2C)C1. The molecule has 2 aliphatic rings. The van der Waals surface area contributed by atoms with Gasteiger partial charge in [0.25, 0.3) is 11.8 Å². The van der Waals surface area contributed by atoms with Crippen molar-refractivity contribution >= 4 is 11.8 Å². The fourth-order valence-corrected chi connectivity index (χ4v) is 4.82. The van der Waals surface area contributed by atoms with E-state index in [1.807, 2.05) is 78.2 Å². The van der Waals surface area contributed by atoms with E-state index in [9.17, 15) is 9.59 Å². The highest BCUT2D eigenvalue weighted by Crippen LogP contribution is 2.38. The van der Waals surface area contributed by atoms with Crippen molar-refractivity contribution < 1.29 is 9.59 Å². The number of para-hydroxylation sites is 1. The minimum absolute atomic E-state index is 0.0129. The van der Waals surface area contributed by atoms with Gasteiger partial charge in [0.05, 0.1) is 17.4 Å². The number of hydrogen-bond acceptors (Lipinski definition) is 3. The Morgan fingerprint density at radius 2 is 1.71 bits per heavy atom. The van der Waals surface area contributed by atoms with Crippen molar-refractivity contribution in [2.75, 3.05) is 19.6 Å². The molecule has 2 aliphatic heterocycles. The second-order valence-corrected chi connectivity index (χ2v) is 8.62. The van der Waals surface area contributed by atoms with Crippen LogP contribution >= 0.6 is 0 Å². The lowest BCUT2D eigenvalue weighted by molar-refractivity contribution is 0.0361. The van der Waals surface area contributed by atoms with Crippen LogP contribution in [0.5, 0.6) is 0 Å². The average molecular weight is 415 g/mol. The first-order valence-corrected chi connectivity index (χ1v) is 10.8. The van der Waals surface area contributed by atoms with E-state index in [0.29, 0.717) is 31.2 Å². The molecule has 2 amide bonds. The fraction of sp³-hybridized carbons (Fsp3) is 0.320. The minimum Gasteiger partial charge on any atom is -0.338 e. The molecule has 0 saturated carbocycles. The molecule has 0 spiro atoms. The van der Waals surface area contributed by atoms with Gasteiger partial charge in [0.2, 0.25) is 0 Å². The summed E-state index contributed by atoms with van der Waals surface area (Å²) in [5.41, 5.74) is 5.23. The molecule has 1 fully saturated rings. The van der Waals surface area contributed by atoms with E-state index >= 15 is 0 Å². The van der Waals surface area contributed by atoms with Gasteiger partial charge in [0.1, 0.15) is 5.69 Å². The Bertz CT molecular complexity index is 1160. The number of hydrogen-bond donors (Lipinski definition) is 0. The highest BCUT2D eigenvalue weighted by atomic mass is 16.2. The Kier molecular flexibility index (Phi) is 4.65. The summed E-state index contributed by atoms with van der Waals surface area (Å²) in [6.07, 6.45) is 0. The van der Waals surface area contributed by atoms with E-state index in [1.54, 1.807) is 4.68 Å². The molecule has 1 atom stereocenters. The van der Waals surface area contributed by atoms with E-state index in [2.05, 4.69) is 12.0 Å². The predicted molar refractivity (Wildman–Crippen MR) is 118 cm³/mol. The van der Waals surface area contributed by atoms with Gasteiger partial charge in [-0.2, -0.15) is 5.10 Å². The van der Waals surface area contributed by atoms with Crippen LogP contribution in [0.3, 0.4) is 0 Å². The van der Waals surface area contributed by atoms with E-state index < -0.39 is 0 Å². The molecule has 1 unspecified atom stereocenters. The lowest BCUT2D eigenvalue weighted by atomic mass is 9.96. The largest absolute Gasteiger partial charge is 0.338 e. The third-order valence-electron chi connectivity index (χ3n) is 6.53. The number of aryl methyl sites for hydroxylation is 2. The highest BCUT2D eigenvalue weighted by molar-refractivity contribution is 5.99. The summed E-state index contributed by atoms with van der Waals surface area (Å²) in [6, 6.07) is 17.5. The number of benzene rings is 2. The van der Waals surface area contributed by atoms with Crippen LogP contribution in [-0.4, -0.2) is 51.0 Å². The second kappa shape index (κ2) is 7.38. The maximum Gasteiger partial charge on any atom is 0.273 e. The number of rotatable bonds is 4. The molecule has 158 valence electrons. The lowest BCUT2D eigenvalue weighted by Gasteiger charge is -2.42. The van der Waals surface area contributed by atoms with Gasteiger partial charge in [-0.15, -0.1) is 0 Å². The number of likely N-dealkylation sites (tertiary alicyclic amines) is 1. The van der Waals surface area contributed by atoms with Crippen molar-refractivity contribution in [1.29, 1.82) is 0 Å². The normalized spacial score (nSPS) is 18.3. The zero-order chi connectivity index (χ0) is 21.7. The predicted octanol–water partition coefficient (Wildman–Crippen LogP) is 3.78. The van der Waals surface area contributed by atoms with Crippen LogP contribution in [0.2, 0.25) is 0 Å². The van der Waals surface area contributed by atoms with Crippen LogP contribution in [0.15, 0.2) is 54.6 Å². The number of aromatic nitrogens is 2. The van der Waals surface area contributed by atoms with Gasteiger partial charge in [-0.1, -0.05) is 36.4 Å². The first kappa shape index (κ1) is 19.5. The highest BCUT2D eigenvalue weighted by Gasteiger charge is 2.43. The maximum atomic E-state index is 13.4. The lowest BCUT2D eigenvalue weighted by Crippen LogP contribution is -2.54. The van der Waals surface area contributed by atoms with Crippen molar-refractivity contribution in [2.24, 2.45) is 5.92 Å². The van der Waals surface area contributed by atoms with Crippen LogP contribution < -0.4 is 0 Å². The van der Waals surface area contributed by atoms with E-state index in [1.165, 1.54) is 0 Å². The van der Waals surface area contributed by atoms with Gasteiger partial charge >= 0.3 is 0 Å². The van der Waals surface area contributed by atoms with Gasteiger partial charge in [-0.3, -0.25) is 9.59 Å². The quantitative estimate of drug-likeness (QED) is 0.653. The molecule has 3 heterocycles. The molecule has 0 bridgehead atoms.